The topological polar surface area (TPSA) is 0 Å². The molecule has 0 aromatic carbocycles. The van der Waals surface area contributed by atoms with E-state index in [1.807, 2.05) is 0 Å². The van der Waals surface area contributed by atoms with Gasteiger partial charge >= 0.3 is 18.8 Å². The van der Waals surface area contributed by atoms with Crippen LogP contribution in [0.4, 0.5) is 0 Å². The first-order valence-electron chi connectivity index (χ1n) is 0.569. The van der Waals surface area contributed by atoms with E-state index in [0.29, 0.717) is 0 Å². The van der Waals surface area contributed by atoms with Gasteiger partial charge in [-0.2, -0.15) is 0 Å². The molecule has 0 spiro atoms. The second kappa shape index (κ2) is 116. The van der Waals surface area contributed by atoms with Crippen molar-refractivity contribution in [1.82, 2.24) is 0 Å². The Bertz CT molecular complexity index is 3.25. The van der Waals surface area contributed by atoms with E-state index in [2.05, 4.69) is 34.3 Å². The molecule has 0 aliphatic carbocycles. The maximum atomic E-state index is 4.08. The summed E-state index contributed by atoms with van der Waals surface area (Å²) >= 11 is 3.58. The van der Waals surface area contributed by atoms with Crippen LogP contribution in [0.25, 0.3) is 0 Å². The van der Waals surface area contributed by atoms with Crippen LogP contribution >= 0.6 is 12.1 Å². The van der Waals surface area contributed by atoms with Crippen molar-refractivity contribution in [3.8, 4) is 0 Å². The molecule has 4 heteroatoms. The average molecular weight is 64.5 g/mol. The molecule has 0 unspecified atom stereocenters. The van der Waals surface area contributed by atoms with Crippen LogP contribution in [0.1, 0.15) is 0 Å². The Kier molecular flexibility index (Phi) is 255. The van der Waals surface area contributed by atoms with E-state index in [4.69, 9.17) is 0 Å². The van der Waals surface area contributed by atoms with Crippen molar-refractivity contribution in [1.29, 1.82) is 0 Å². The SMILES string of the molecule is [B]=S.[B][B]. The normalized spacial score (nSPS) is 1.75. The van der Waals surface area contributed by atoms with Gasteiger partial charge in [-0.15, -0.1) is 0 Å². The van der Waals surface area contributed by atoms with Crippen LogP contribution in [0, 0.1) is 0 Å². The third-order valence-corrected chi connectivity index (χ3v) is 0. The Morgan fingerprint density at radius 3 is 1.00 bits per heavy atom. The van der Waals surface area contributed by atoms with E-state index < -0.39 is 0 Å². The molecule has 0 bridgehead atoms. The van der Waals surface area contributed by atoms with Gasteiger partial charge in [0, 0.05) is 15.5 Å². The van der Waals surface area contributed by atoms with Gasteiger partial charge in [-0.05, 0) is 0 Å². The van der Waals surface area contributed by atoms with Crippen molar-refractivity contribution in [2.45, 2.75) is 0 Å². The summed E-state index contributed by atoms with van der Waals surface area (Å²) < 4.78 is 0. The van der Waals surface area contributed by atoms with E-state index in [0.717, 1.165) is 0 Å². The Morgan fingerprint density at radius 2 is 1.00 bits per heavy atom. The zero-order valence-corrected chi connectivity index (χ0v) is 2.96. The van der Waals surface area contributed by atoms with Crippen molar-refractivity contribution >= 4 is 34.3 Å². The Morgan fingerprint density at radius 1 is 1.00 bits per heavy atom. The third kappa shape index (κ3) is 28.1. The Labute approximate surface area is 35.0 Å². The first kappa shape index (κ1) is 8.83. The van der Waals surface area contributed by atoms with Gasteiger partial charge in [0.05, 0.1) is 0 Å². The van der Waals surface area contributed by atoms with E-state index in [9.17, 15) is 0 Å². The first-order valence-corrected chi connectivity index (χ1v) is 1.04. The Balaban J connectivity index is 0. The van der Waals surface area contributed by atoms with Crippen LogP contribution in [0.3, 0.4) is 0 Å². The quantitative estimate of drug-likeness (QED) is 0.343. The molecule has 0 saturated carbocycles. The van der Waals surface area contributed by atoms with E-state index >= 15 is 0 Å². The second-order valence-electron chi connectivity index (χ2n) is 0. The first-order chi connectivity index (χ1) is 2.00. The molecule has 0 atom stereocenters. The summed E-state index contributed by atoms with van der Waals surface area (Å²) in [7, 11) is 8.00. The molecule has 0 saturated heterocycles. The molecule has 0 nitrogen and oxygen atoms in total. The van der Waals surface area contributed by atoms with E-state index in [1.54, 1.807) is 0 Å². The standard InChI is InChI=1S/B2.BS/c2*1-2. The summed E-state index contributed by atoms with van der Waals surface area (Å²) in [5.74, 6) is 0. The summed E-state index contributed by atoms with van der Waals surface area (Å²) in [5.41, 5.74) is 0. The second-order valence-corrected chi connectivity index (χ2v) is 0. The molecule has 0 heterocycles. The predicted octanol–water partition coefficient (Wildman–Crippen LogP) is -0.494. The molecular weight excluding hydrogens is 64.5 g/mol. The molecule has 0 aromatic rings. The van der Waals surface area contributed by atoms with Crippen LogP contribution in [-0.2, 0) is 0 Å². The fraction of sp³-hybridized carbons (Fsp3) is 0. The van der Waals surface area contributed by atoms with Gasteiger partial charge in [-0.1, -0.05) is 0 Å². The Hall–Kier alpha value is 0.415. The van der Waals surface area contributed by atoms with Crippen LogP contribution in [0.5, 0.6) is 0 Å². The summed E-state index contributed by atoms with van der Waals surface area (Å²) in [4.78, 5) is 0. The van der Waals surface area contributed by atoms with Gasteiger partial charge in [0.25, 0.3) is 0 Å². The number of hydrogen-bond donors (Lipinski definition) is 0. The third-order valence-electron chi connectivity index (χ3n) is 0. The number of hydrogen-bond acceptors (Lipinski definition) is 1. The van der Waals surface area contributed by atoms with Gasteiger partial charge in [0.2, 0.25) is 0 Å². The minimum absolute atomic E-state index is 3.58. The van der Waals surface area contributed by atoms with Crippen molar-refractivity contribution in [2.24, 2.45) is 0 Å². The maximum Gasteiger partial charge on any atom is 0 e. The minimum Gasteiger partial charge on any atom is 0 e. The molecule has 4 heavy (non-hydrogen) atoms. The largest absolute Gasteiger partial charge is 0 e. The monoisotopic (exact) mass is 65.0 g/mol. The summed E-state index contributed by atoms with van der Waals surface area (Å²) in [6.45, 7) is 4.08. The molecule has 0 aliphatic rings. The molecule has 0 amide bonds. The molecule has 0 N–H and O–H groups in total. The minimum atomic E-state index is 3.58. The summed E-state index contributed by atoms with van der Waals surface area (Å²) in [5, 5.41) is 0. The molecular formula is B3S. The van der Waals surface area contributed by atoms with E-state index in [1.165, 1.54) is 0 Å². The van der Waals surface area contributed by atoms with Crippen LogP contribution in [-0.4, -0.2) is 22.2 Å². The molecule has 0 aromatic heterocycles. The molecule has 0 fully saturated rings. The fourth-order valence-electron chi connectivity index (χ4n) is 0. The van der Waals surface area contributed by atoms with Gasteiger partial charge < -0.3 is 0 Å². The zero-order chi connectivity index (χ0) is 4.00. The van der Waals surface area contributed by atoms with Gasteiger partial charge in [0.15, 0.2) is 0 Å². The average Bonchev–Trinajstić information content (AvgIpc) is 1.50. The predicted molar refractivity (Wildman–Crippen MR) is 24.9 cm³/mol. The molecule has 15 valence electrons. The maximum absolute atomic E-state index is 4.08. The van der Waals surface area contributed by atoms with Crippen molar-refractivity contribution in [2.75, 3.05) is 0 Å². The van der Waals surface area contributed by atoms with Crippen LogP contribution in [0.2, 0.25) is 0 Å². The van der Waals surface area contributed by atoms with Gasteiger partial charge in [0.1, 0.15) is 0 Å². The van der Waals surface area contributed by atoms with Crippen LogP contribution < -0.4 is 0 Å². The van der Waals surface area contributed by atoms with Gasteiger partial charge in [-0.3, -0.25) is 0 Å². The van der Waals surface area contributed by atoms with Crippen molar-refractivity contribution in [3.63, 3.8) is 0 Å². The van der Waals surface area contributed by atoms with E-state index in [-0.39, 0.29) is 0 Å². The molecule has 0 aliphatic heterocycles. The zero-order valence-electron chi connectivity index (χ0n) is 2.14. The summed E-state index contributed by atoms with van der Waals surface area (Å²) in [6.07, 6.45) is 0. The molecule has 0 rings (SSSR count). The molecule has 5 radical (unpaired) electrons. The van der Waals surface area contributed by atoms with Gasteiger partial charge in [-0.25, -0.2) is 0 Å². The fourth-order valence-corrected chi connectivity index (χ4v) is 0. The van der Waals surface area contributed by atoms with Crippen LogP contribution in [0.15, 0.2) is 0 Å². The van der Waals surface area contributed by atoms with Crippen molar-refractivity contribution in [3.05, 3.63) is 0 Å². The number of rotatable bonds is 0. The van der Waals surface area contributed by atoms with Crippen molar-refractivity contribution < 1.29 is 0 Å². The smallest absolute Gasteiger partial charge is 0 e. The summed E-state index contributed by atoms with van der Waals surface area (Å²) in [6, 6.07) is 0.